The zero-order chi connectivity index (χ0) is 24.9. The molecule has 3 rings (SSSR count). The highest BCUT2D eigenvalue weighted by atomic mass is 16.5. The third-order valence-electron chi connectivity index (χ3n) is 6.47. The molecule has 0 amide bonds. The van der Waals surface area contributed by atoms with Gasteiger partial charge in [-0.2, -0.15) is 0 Å². The lowest BCUT2D eigenvalue weighted by molar-refractivity contribution is -0.870. The van der Waals surface area contributed by atoms with E-state index in [2.05, 4.69) is 42.3 Å². The molecule has 0 spiro atoms. The van der Waals surface area contributed by atoms with Gasteiger partial charge in [0.2, 0.25) is 0 Å². The average molecular weight is 469 g/mol. The number of nitrogens with zero attached hydrogens (tertiary/aromatic N) is 2. The van der Waals surface area contributed by atoms with Crippen LogP contribution in [0.1, 0.15) is 23.0 Å². The van der Waals surface area contributed by atoms with Gasteiger partial charge in [-0.3, -0.25) is 9.59 Å². The van der Waals surface area contributed by atoms with E-state index in [1.165, 1.54) is 0 Å². The fraction of sp³-hybridized carbons (Fsp3) is 0.500. The summed E-state index contributed by atoms with van der Waals surface area (Å²) in [5, 5.41) is 0. The number of carbonyl (C=O) groups is 2. The summed E-state index contributed by atoms with van der Waals surface area (Å²) in [5.74, 6) is -1.92. The van der Waals surface area contributed by atoms with Crippen LogP contribution in [0.5, 0.6) is 0 Å². The number of rotatable bonds is 10. The summed E-state index contributed by atoms with van der Waals surface area (Å²) in [6.45, 7) is 2.14. The third kappa shape index (κ3) is 6.67. The van der Waals surface area contributed by atoms with E-state index in [9.17, 15) is 9.59 Å². The van der Waals surface area contributed by atoms with Crippen LogP contribution in [0.2, 0.25) is 0 Å². The van der Waals surface area contributed by atoms with Crippen LogP contribution >= 0.6 is 0 Å². The molecule has 1 fully saturated rings. The van der Waals surface area contributed by atoms with Crippen molar-refractivity contribution in [3.63, 3.8) is 0 Å². The topological polar surface area (TPSA) is 52.6 Å². The van der Waals surface area contributed by atoms with E-state index in [1.807, 2.05) is 60.7 Å². The molecule has 0 heterocycles. The van der Waals surface area contributed by atoms with Crippen molar-refractivity contribution in [1.82, 2.24) is 0 Å². The second kappa shape index (κ2) is 10.7. The molecule has 0 saturated heterocycles. The Balaban J connectivity index is 1.89. The van der Waals surface area contributed by atoms with Crippen LogP contribution in [0.3, 0.4) is 0 Å². The predicted molar refractivity (Wildman–Crippen MR) is 133 cm³/mol. The lowest BCUT2D eigenvalue weighted by Crippen LogP contribution is -2.52. The van der Waals surface area contributed by atoms with E-state index >= 15 is 0 Å². The van der Waals surface area contributed by atoms with Crippen LogP contribution in [-0.4, -0.2) is 89.5 Å². The molecular formula is C28H40N2O4+2. The zero-order valence-electron chi connectivity index (χ0n) is 21.4. The van der Waals surface area contributed by atoms with Gasteiger partial charge in [0.15, 0.2) is 0 Å². The molecule has 2 aromatic rings. The summed E-state index contributed by atoms with van der Waals surface area (Å²) in [5.41, 5.74) is 1.94. The van der Waals surface area contributed by atoms with Crippen molar-refractivity contribution >= 4 is 11.9 Å². The van der Waals surface area contributed by atoms with Gasteiger partial charge in [-0.15, -0.1) is 0 Å². The van der Waals surface area contributed by atoms with Gasteiger partial charge >= 0.3 is 11.9 Å². The summed E-state index contributed by atoms with van der Waals surface area (Å²) < 4.78 is 13.0. The van der Waals surface area contributed by atoms with Crippen molar-refractivity contribution in [2.45, 2.75) is 11.8 Å². The third-order valence-corrected chi connectivity index (χ3v) is 6.47. The highest BCUT2D eigenvalue weighted by molar-refractivity contribution is 5.85. The fourth-order valence-electron chi connectivity index (χ4n) is 4.55. The van der Waals surface area contributed by atoms with Gasteiger partial charge in [0.1, 0.15) is 26.3 Å². The van der Waals surface area contributed by atoms with Crippen LogP contribution in [0.15, 0.2) is 60.7 Å². The molecule has 2 aromatic carbocycles. The minimum absolute atomic E-state index is 0.244. The number of hydrogen-bond acceptors (Lipinski definition) is 4. The lowest BCUT2D eigenvalue weighted by atomic mass is 9.52. The molecule has 6 heteroatoms. The monoisotopic (exact) mass is 468 g/mol. The van der Waals surface area contributed by atoms with Crippen molar-refractivity contribution in [1.29, 1.82) is 0 Å². The number of carbonyl (C=O) groups excluding carboxylic acids is 2. The first kappa shape index (κ1) is 25.9. The maximum Gasteiger partial charge on any atom is 0.310 e. The number of benzene rings is 2. The van der Waals surface area contributed by atoms with Crippen molar-refractivity contribution in [2.24, 2.45) is 11.8 Å². The van der Waals surface area contributed by atoms with E-state index in [4.69, 9.17) is 9.47 Å². The predicted octanol–water partition coefficient (Wildman–Crippen LogP) is 3.30. The fourth-order valence-corrected chi connectivity index (χ4v) is 4.55. The second-order valence-corrected chi connectivity index (χ2v) is 11.3. The van der Waals surface area contributed by atoms with Crippen LogP contribution in [-0.2, 0) is 19.1 Å². The molecule has 0 atom stereocenters. The Labute approximate surface area is 204 Å². The smallest absolute Gasteiger partial charge is 0.310 e. The maximum absolute atomic E-state index is 13.4. The Kier molecular flexibility index (Phi) is 8.16. The summed E-state index contributed by atoms with van der Waals surface area (Å²) in [6.07, 6.45) is 0. The van der Waals surface area contributed by atoms with Gasteiger partial charge in [0.25, 0.3) is 0 Å². The number of likely N-dealkylation sites (N-methyl/N-ethyl adjacent to an activating group) is 2. The first-order chi connectivity index (χ1) is 16.0. The standard InChI is InChI=1S/C28H40N2O4/c1-29(2,3)17-19-33-27(31)25-23(21-13-9-7-10-14-21)26(24(25)22-15-11-8-12-16-22)28(32)34-20-18-30(4,5)6/h7-16,23-26H,17-20H2,1-6H3/q+2. The number of quaternary nitrogens is 2. The average Bonchev–Trinajstić information content (AvgIpc) is 2.73. The molecule has 0 aliphatic heterocycles. The van der Waals surface area contributed by atoms with E-state index in [-0.39, 0.29) is 23.8 Å². The second-order valence-electron chi connectivity index (χ2n) is 11.3. The quantitative estimate of drug-likeness (QED) is 0.397. The van der Waals surface area contributed by atoms with Crippen LogP contribution in [0.4, 0.5) is 0 Å². The minimum Gasteiger partial charge on any atom is -0.459 e. The van der Waals surface area contributed by atoms with Crippen molar-refractivity contribution in [3.05, 3.63) is 71.8 Å². The van der Waals surface area contributed by atoms with Crippen molar-refractivity contribution in [2.75, 3.05) is 68.6 Å². The van der Waals surface area contributed by atoms with Gasteiger partial charge in [-0.1, -0.05) is 60.7 Å². The summed E-state index contributed by atoms with van der Waals surface area (Å²) >= 11 is 0. The summed E-state index contributed by atoms with van der Waals surface area (Å²) in [7, 11) is 12.4. The van der Waals surface area contributed by atoms with E-state index in [1.54, 1.807) is 0 Å². The van der Waals surface area contributed by atoms with Crippen LogP contribution in [0.25, 0.3) is 0 Å². The molecule has 0 N–H and O–H groups in total. The Morgan fingerprint density at radius 1 is 0.618 bits per heavy atom. The number of hydrogen-bond donors (Lipinski definition) is 0. The Morgan fingerprint density at radius 3 is 1.24 bits per heavy atom. The molecule has 0 bridgehead atoms. The first-order valence-corrected chi connectivity index (χ1v) is 12.0. The first-order valence-electron chi connectivity index (χ1n) is 12.0. The van der Waals surface area contributed by atoms with E-state index in [0.717, 1.165) is 24.2 Å². The summed E-state index contributed by atoms with van der Waals surface area (Å²) in [4.78, 5) is 26.8. The van der Waals surface area contributed by atoms with Gasteiger partial charge < -0.3 is 18.4 Å². The largest absolute Gasteiger partial charge is 0.459 e. The number of ether oxygens (including phenoxy) is 2. The SMILES string of the molecule is C[N+](C)(C)CCOC(=O)C1C(c2ccccc2)C(C(=O)OCC[N+](C)(C)C)C1c1ccccc1. The molecule has 0 aromatic heterocycles. The Hall–Kier alpha value is -2.70. The zero-order valence-corrected chi connectivity index (χ0v) is 21.4. The van der Waals surface area contributed by atoms with E-state index < -0.39 is 11.8 Å². The van der Waals surface area contributed by atoms with Crippen molar-refractivity contribution in [3.8, 4) is 0 Å². The Bertz CT molecular complexity index is 860. The molecule has 1 aliphatic rings. The van der Waals surface area contributed by atoms with Gasteiger partial charge in [-0.25, -0.2) is 0 Å². The van der Waals surface area contributed by atoms with Crippen molar-refractivity contribution < 1.29 is 28.0 Å². The number of esters is 2. The van der Waals surface area contributed by atoms with Gasteiger partial charge in [0.05, 0.1) is 54.1 Å². The van der Waals surface area contributed by atoms with E-state index in [0.29, 0.717) is 22.2 Å². The van der Waals surface area contributed by atoms with Gasteiger partial charge in [-0.05, 0) is 11.1 Å². The molecule has 0 radical (unpaired) electrons. The maximum atomic E-state index is 13.4. The summed E-state index contributed by atoms with van der Waals surface area (Å²) in [6, 6.07) is 19.6. The molecule has 1 saturated carbocycles. The molecule has 6 nitrogen and oxygen atoms in total. The van der Waals surface area contributed by atoms with Gasteiger partial charge in [0, 0.05) is 11.8 Å². The molecule has 1 aliphatic carbocycles. The highest BCUT2D eigenvalue weighted by Crippen LogP contribution is 2.58. The van der Waals surface area contributed by atoms with Crippen LogP contribution in [0, 0.1) is 11.8 Å². The Morgan fingerprint density at radius 2 is 0.941 bits per heavy atom. The molecule has 0 unspecified atom stereocenters. The highest BCUT2D eigenvalue weighted by Gasteiger charge is 2.59. The molecule has 184 valence electrons. The lowest BCUT2D eigenvalue weighted by Gasteiger charge is -2.49. The van der Waals surface area contributed by atoms with Crippen LogP contribution < -0.4 is 0 Å². The normalized spacial score (nSPS) is 22.5. The molecule has 34 heavy (non-hydrogen) atoms. The minimum atomic E-state index is -0.437. The molecular weight excluding hydrogens is 428 g/mol.